The van der Waals surface area contributed by atoms with Gasteiger partial charge in [-0.2, -0.15) is 0 Å². The van der Waals surface area contributed by atoms with Gasteiger partial charge in [0.2, 0.25) is 0 Å². The molecule has 3 N–H and O–H groups in total. The molecule has 0 aliphatic carbocycles. The van der Waals surface area contributed by atoms with E-state index >= 15 is 0 Å². The van der Waals surface area contributed by atoms with Gasteiger partial charge in [0.05, 0.1) is 7.11 Å². The van der Waals surface area contributed by atoms with Gasteiger partial charge in [-0.05, 0) is 23.8 Å². The average Bonchev–Trinajstić information content (AvgIpc) is 2.17. The molecule has 0 aromatic heterocycles. The van der Waals surface area contributed by atoms with Crippen molar-refractivity contribution in [3.05, 3.63) is 28.2 Å². The fourth-order valence-corrected chi connectivity index (χ4v) is 1.51. The third-order valence-corrected chi connectivity index (χ3v) is 2.53. The molecule has 0 aliphatic rings. The Morgan fingerprint density at radius 1 is 1.64 bits per heavy atom. The topological polar surface area (TPSA) is 72.5 Å². The molecular weight excluding hydrogens is 250 g/mol. The van der Waals surface area contributed by atoms with Crippen molar-refractivity contribution in [1.82, 2.24) is 0 Å². The van der Waals surface area contributed by atoms with Gasteiger partial charge < -0.3 is 15.6 Å². The maximum atomic E-state index is 10.7. The summed E-state index contributed by atoms with van der Waals surface area (Å²) in [6.07, 6.45) is 0. The standard InChI is InChI=1S/C9H10BrNO3/c1-14-5-2-3-7(10)6(4-5)8(11)9(12)13/h2-4,8H,11H2,1H3,(H,12,13). The molecular formula is C9H10BrNO3. The second-order valence-electron chi connectivity index (χ2n) is 2.70. The molecule has 0 saturated heterocycles. The highest BCUT2D eigenvalue weighted by Gasteiger charge is 2.17. The van der Waals surface area contributed by atoms with Crippen molar-refractivity contribution in [2.24, 2.45) is 5.73 Å². The van der Waals surface area contributed by atoms with Crippen LogP contribution in [0.25, 0.3) is 0 Å². The highest BCUT2D eigenvalue weighted by atomic mass is 79.9. The quantitative estimate of drug-likeness (QED) is 0.864. The number of carbonyl (C=O) groups is 1. The minimum Gasteiger partial charge on any atom is -0.497 e. The van der Waals surface area contributed by atoms with Crippen LogP contribution in [-0.4, -0.2) is 18.2 Å². The second-order valence-corrected chi connectivity index (χ2v) is 3.56. The van der Waals surface area contributed by atoms with Gasteiger partial charge in [-0.15, -0.1) is 0 Å². The lowest BCUT2D eigenvalue weighted by molar-refractivity contribution is -0.138. The molecule has 14 heavy (non-hydrogen) atoms. The van der Waals surface area contributed by atoms with Crippen molar-refractivity contribution in [1.29, 1.82) is 0 Å². The molecule has 1 unspecified atom stereocenters. The normalized spacial score (nSPS) is 12.2. The predicted octanol–water partition coefficient (Wildman–Crippen LogP) is 1.54. The van der Waals surface area contributed by atoms with E-state index in [1.807, 2.05) is 0 Å². The molecule has 76 valence electrons. The summed E-state index contributed by atoms with van der Waals surface area (Å²) in [7, 11) is 1.51. The van der Waals surface area contributed by atoms with Gasteiger partial charge in [0.1, 0.15) is 11.8 Å². The van der Waals surface area contributed by atoms with Crippen LogP contribution in [0.5, 0.6) is 5.75 Å². The Kier molecular flexibility index (Phi) is 3.49. The SMILES string of the molecule is COc1ccc(Br)c(C(N)C(=O)O)c1. The summed E-state index contributed by atoms with van der Waals surface area (Å²) in [5, 5.41) is 8.74. The van der Waals surface area contributed by atoms with Crippen molar-refractivity contribution in [3.63, 3.8) is 0 Å². The molecule has 0 radical (unpaired) electrons. The number of halogens is 1. The van der Waals surface area contributed by atoms with Crippen molar-refractivity contribution >= 4 is 21.9 Å². The zero-order chi connectivity index (χ0) is 10.7. The molecule has 5 heteroatoms. The zero-order valence-electron chi connectivity index (χ0n) is 7.53. The number of hydrogen-bond acceptors (Lipinski definition) is 3. The molecule has 0 saturated carbocycles. The third kappa shape index (κ3) is 2.24. The van der Waals surface area contributed by atoms with E-state index in [1.54, 1.807) is 18.2 Å². The molecule has 0 bridgehead atoms. The third-order valence-electron chi connectivity index (χ3n) is 1.80. The Balaban J connectivity index is 3.11. The lowest BCUT2D eigenvalue weighted by Crippen LogP contribution is -2.21. The monoisotopic (exact) mass is 259 g/mol. The first-order chi connectivity index (χ1) is 6.56. The molecule has 0 heterocycles. The smallest absolute Gasteiger partial charge is 0.325 e. The average molecular weight is 260 g/mol. The van der Waals surface area contributed by atoms with Crippen LogP contribution in [0, 0.1) is 0 Å². The van der Waals surface area contributed by atoms with Crippen LogP contribution in [0.2, 0.25) is 0 Å². The number of carboxylic acid groups (broad SMARTS) is 1. The van der Waals surface area contributed by atoms with Crippen LogP contribution in [0.4, 0.5) is 0 Å². The van der Waals surface area contributed by atoms with Crippen LogP contribution >= 0.6 is 15.9 Å². The van der Waals surface area contributed by atoms with Crippen molar-refractivity contribution < 1.29 is 14.6 Å². The molecule has 1 aromatic carbocycles. The second kappa shape index (κ2) is 4.43. The number of hydrogen-bond donors (Lipinski definition) is 2. The van der Waals surface area contributed by atoms with Gasteiger partial charge >= 0.3 is 5.97 Å². The number of rotatable bonds is 3. The Morgan fingerprint density at radius 2 is 2.29 bits per heavy atom. The van der Waals surface area contributed by atoms with Crippen LogP contribution in [0.15, 0.2) is 22.7 Å². The largest absolute Gasteiger partial charge is 0.497 e. The van der Waals surface area contributed by atoms with Gasteiger partial charge in [-0.1, -0.05) is 15.9 Å². The highest BCUT2D eigenvalue weighted by Crippen LogP contribution is 2.26. The van der Waals surface area contributed by atoms with Gasteiger partial charge in [-0.3, -0.25) is 4.79 Å². The number of methoxy groups -OCH3 is 1. The number of carboxylic acids is 1. The lowest BCUT2D eigenvalue weighted by Gasteiger charge is -2.10. The molecule has 0 aliphatic heterocycles. The van der Waals surface area contributed by atoms with Crippen LogP contribution in [0.3, 0.4) is 0 Å². The molecule has 0 amide bonds. The Bertz CT molecular complexity index is 354. The minimum atomic E-state index is -1.07. The van der Waals surface area contributed by atoms with Crippen LogP contribution in [-0.2, 0) is 4.79 Å². The van der Waals surface area contributed by atoms with E-state index in [0.717, 1.165) is 0 Å². The van der Waals surface area contributed by atoms with Crippen LogP contribution in [0.1, 0.15) is 11.6 Å². The van der Waals surface area contributed by atoms with E-state index in [0.29, 0.717) is 15.8 Å². The molecule has 4 nitrogen and oxygen atoms in total. The van der Waals surface area contributed by atoms with E-state index in [4.69, 9.17) is 15.6 Å². The summed E-state index contributed by atoms with van der Waals surface area (Å²) >= 11 is 3.23. The summed E-state index contributed by atoms with van der Waals surface area (Å²) in [4.78, 5) is 10.7. The maximum absolute atomic E-state index is 10.7. The molecule has 1 atom stereocenters. The van der Waals surface area contributed by atoms with Crippen LogP contribution < -0.4 is 10.5 Å². The Hall–Kier alpha value is -1.07. The minimum absolute atomic E-state index is 0.497. The van der Waals surface area contributed by atoms with Gasteiger partial charge in [0, 0.05) is 4.47 Å². The van der Waals surface area contributed by atoms with Crippen molar-refractivity contribution in [3.8, 4) is 5.75 Å². The molecule has 0 spiro atoms. The first kappa shape index (κ1) is 11.0. The summed E-state index contributed by atoms with van der Waals surface area (Å²) in [6.45, 7) is 0. The van der Waals surface area contributed by atoms with E-state index < -0.39 is 12.0 Å². The van der Waals surface area contributed by atoms with Gasteiger partial charge in [0.15, 0.2) is 0 Å². The maximum Gasteiger partial charge on any atom is 0.325 e. The van der Waals surface area contributed by atoms with E-state index in [2.05, 4.69) is 15.9 Å². The van der Waals surface area contributed by atoms with E-state index in [-0.39, 0.29) is 0 Å². The predicted molar refractivity (Wildman–Crippen MR) is 55.3 cm³/mol. The van der Waals surface area contributed by atoms with E-state index in [9.17, 15) is 4.79 Å². The lowest BCUT2D eigenvalue weighted by atomic mass is 10.1. The number of nitrogens with two attached hydrogens (primary N) is 1. The van der Waals surface area contributed by atoms with E-state index in [1.165, 1.54) is 7.11 Å². The van der Waals surface area contributed by atoms with Crippen molar-refractivity contribution in [2.45, 2.75) is 6.04 Å². The highest BCUT2D eigenvalue weighted by molar-refractivity contribution is 9.10. The summed E-state index contributed by atoms with van der Waals surface area (Å²) in [6, 6.07) is 3.99. The van der Waals surface area contributed by atoms with Crippen molar-refractivity contribution in [2.75, 3.05) is 7.11 Å². The fraction of sp³-hybridized carbons (Fsp3) is 0.222. The fourth-order valence-electron chi connectivity index (χ4n) is 1.02. The summed E-state index contributed by atoms with van der Waals surface area (Å²) < 4.78 is 5.63. The molecule has 1 rings (SSSR count). The summed E-state index contributed by atoms with van der Waals surface area (Å²) in [5.74, 6) is -0.487. The zero-order valence-corrected chi connectivity index (χ0v) is 9.11. The summed E-state index contributed by atoms with van der Waals surface area (Å²) in [5.41, 5.74) is 5.97. The molecule has 1 aromatic rings. The Morgan fingerprint density at radius 3 is 2.79 bits per heavy atom. The van der Waals surface area contributed by atoms with Gasteiger partial charge in [-0.25, -0.2) is 0 Å². The Labute approximate surface area is 89.8 Å². The number of benzene rings is 1. The number of ether oxygens (including phenoxy) is 1. The molecule has 0 fully saturated rings. The number of aliphatic carboxylic acids is 1. The van der Waals surface area contributed by atoms with Gasteiger partial charge in [0.25, 0.3) is 0 Å². The first-order valence-corrected chi connectivity index (χ1v) is 4.67. The first-order valence-electron chi connectivity index (χ1n) is 3.88.